The van der Waals surface area contributed by atoms with Crippen LogP contribution >= 0.6 is 0 Å². The van der Waals surface area contributed by atoms with Crippen LogP contribution < -0.4 is 5.32 Å². The van der Waals surface area contributed by atoms with Gasteiger partial charge in [-0.2, -0.15) is 5.26 Å². The average Bonchev–Trinajstić information content (AvgIpc) is 2.47. The molecule has 2 amide bonds. The second-order valence-corrected chi connectivity index (χ2v) is 4.76. The summed E-state index contributed by atoms with van der Waals surface area (Å²) < 4.78 is 0. The lowest BCUT2D eigenvalue weighted by Gasteiger charge is -2.21. The van der Waals surface area contributed by atoms with E-state index >= 15 is 0 Å². The molecule has 0 aliphatic carbocycles. The molecule has 0 saturated heterocycles. The predicted octanol–water partition coefficient (Wildman–Crippen LogP) is 2.54. The van der Waals surface area contributed by atoms with E-state index in [1.807, 2.05) is 19.9 Å². The minimum absolute atomic E-state index is 0.175. The van der Waals surface area contributed by atoms with E-state index in [1.54, 1.807) is 29.2 Å². The van der Waals surface area contributed by atoms with E-state index in [2.05, 4.69) is 5.32 Å². The van der Waals surface area contributed by atoms with Crippen LogP contribution in [-0.4, -0.2) is 29.8 Å². The van der Waals surface area contributed by atoms with E-state index in [-0.39, 0.29) is 18.2 Å². The van der Waals surface area contributed by atoms with E-state index in [0.29, 0.717) is 24.3 Å². The smallest absolute Gasteiger partial charge is 0.233 e. The Kier molecular flexibility index (Phi) is 6.96. The monoisotopic (exact) mass is 287 g/mol. The predicted molar refractivity (Wildman–Crippen MR) is 81.6 cm³/mol. The van der Waals surface area contributed by atoms with Crippen molar-refractivity contribution in [2.45, 2.75) is 33.1 Å². The maximum Gasteiger partial charge on any atom is 0.233 e. The molecule has 0 bridgehead atoms. The van der Waals surface area contributed by atoms with Crippen molar-refractivity contribution in [3.8, 4) is 6.07 Å². The van der Waals surface area contributed by atoms with Crippen molar-refractivity contribution in [2.75, 3.05) is 18.4 Å². The molecule has 112 valence electrons. The molecule has 0 fully saturated rings. The maximum atomic E-state index is 12.1. The Bertz CT molecular complexity index is 529. The number of anilines is 1. The highest BCUT2D eigenvalue weighted by Gasteiger charge is 2.16. The zero-order valence-electron chi connectivity index (χ0n) is 12.6. The fraction of sp³-hybridized carbons (Fsp3) is 0.438. The topological polar surface area (TPSA) is 73.2 Å². The average molecular weight is 287 g/mol. The van der Waals surface area contributed by atoms with Gasteiger partial charge in [0.1, 0.15) is 12.5 Å². The third kappa shape index (κ3) is 5.27. The van der Waals surface area contributed by atoms with Crippen LogP contribution in [0.15, 0.2) is 24.3 Å². The van der Waals surface area contributed by atoms with E-state index in [4.69, 9.17) is 5.26 Å². The summed E-state index contributed by atoms with van der Waals surface area (Å²) in [6.45, 7) is 5.32. The van der Waals surface area contributed by atoms with Gasteiger partial charge in [-0.05, 0) is 25.0 Å². The molecule has 0 aliphatic rings. The largest absolute Gasteiger partial charge is 0.342 e. The number of amides is 2. The first kappa shape index (κ1) is 16.7. The zero-order chi connectivity index (χ0) is 15.7. The molecule has 1 aromatic rings. The van der Waals surface area contributed by atoms with Crippen LogP contribution in [0.4, 0.5) is 5.69 Å². The molecule has 0 aromatic heterocycles. The number of carbonyl (C=O) groups is 2. The summed E-state index contributed by atoms with van der Waals surface area (Å²) in [6, 6.07) is 8.74. The molecule has 0 atom stereocenters. The number of nitrogens with zero attached hydrogens (tertiary/aromatic N) is 2. The molecule has 5 heteroatoms. The highest BCUT2D eigenvalue weighted by molar-refractivity contribution is 6.04. The Morgan fingerprint density at radius 3 is 2.38 bits per heavy atom. The summed E-state index contributed by atoms with van der Waals surface area (Å²) in [4.78, 5) is 25.7. The quantitative estimate of drug-likeness (QED) is 0.783. The number of benzene rings is 1. The van der Waals surface area contributed by atoms with Crippen LogP contribution in [0.2, 0.25) is 0 Å². The van der Waals surface area contributed by atoms with Crippen LogP contribution in [0.5, 0.6) is 0 Å². The maximum absolute atomic E-state index is 12.1. The molecule has 0 saturated carbocycles. The molecule has 0 unspecified atom stereocenters. The van der Waals surface area contributed by atoms with E-state index < -0.39 is 0 Å². The van der Waals surface area contributed by atoms with Gasteiger partial charge in [-0.25, -0.2) is 0 Å². The zero-order valence-corrected chi connectivity index (χ0v) is 12.6. The highest BCUT2D eigenvalue weighted by atomic mass is 16.2. The Balaban J connectivity index is 2.64. The van der Waals surface area contributed by atoms with Gasteiger partial charge >= 0.3 is 0 Å². The van der Waals surface area contributed by atoms with Crippen LogP contribution in [0.3, 0.4) is 0 Å². The lowest BCUT2D eigenvalue weighted by molar-refractivity contribution is -0.134. The van der Waals surface area contributed by atoms with Crippen molar-refractivity contribution >= 4 is 17.5 Å². The molecule has 0 radical (unpaired) electrons. The van der Waals surface area contributed by atoms with Crippen LogP contribution in [0, 0.1) is 11.3 Å². The highest BCUT2D eigenvalue weighted by Crippen LogP contribution is 2.14. The second kappa shape index (κ2) is 8.75. The molecule has 0 heterocycles. The van der Waals surface area contributed by atoms with E-state index in [0.717, 1.165) is 12.8 Å². The van der Waals surface area contributed by atoms with Crippen LogP contribution in [0.25, 0.3) is 0 Å². The van der Waals surface area contributed by atoms with E-state index in [9.17, 15) is 9.59 Å². The second-order valence-electron chi connectivity index (χ2n) is 4.76. The minimum Gasteiger partial charge on any atom is -0.342 e. The van der Waals surface area contributed by atoms with Gasteiger partial charge in [-0.1, -0.05) is 26.0 Å². The third-order valence-electron chi connectivity index (χ3n) is 2.97. The number of carbonyl (C=O) groups excluding carboxylic acids is 2. The molecule has 0 spiro atoms. The summed E-state index contributed by atoms with van der Waals surface area (Å²) in [7, 11) is 0. The molecule has 0 aliphatic heterocycles. The van der Waals surface area contributed by atoms with Crippen molar-refractivity contribution in [1.82, 2.24) is 4.90 Å². The molecular weight excluding hydrogens is 266 g/mol. The molecule has 1 rings (SSSR count). The molecule has 5 nitrogen and oxygen atoms in total. The normalized spacial score (nSPS) is 9.76. The first-order valence-electron chi connectivity index (χ1n) is 7.19. The summed E-state index contributed by atoms with van der Waals surface area (Å²) in [5, 5.41) is 11.6. The van der Waals surface area contributed by atoms with Gasteiger partial charge in [0.05, 0.1) is 11.3 Å². The van der Waals surface area contributed by atoms with Gasteiger partial charge in [-0.15, -0.1) is 0 Å². The van der Waals surface area contributed by atoms with Crippen LogP contribution in [-0.2, 0) is 9.59 Å². The van der Waals surface area contributed by atoms with Crippen molar-refractivity contribution in [3.63, 3.8) is 0 Å². The lowest BCUT2D eigenvalue weighted by atomic mass is 10.2. The fourth-order valence-corrected chi connectivity index (χ4v) is 2.03. The molecule has 1 aromatic carbocycles. The number of nitrogens with one attached hydrogen (secondary N) is 1. The standard InChI is InChI=1S/C16H21N3O2/c1-3-9-19(10-4-2)16(21)11-15(20)18-14-8-6-5-7-13(14)12-17/h5-8H,3-4,9-11H2,1-2H3,(H,18,20). The Morgan fingerprint density at radius 1 is 1.19 bits per heavy atom. The van der Waals surface area contributed by atoms with Crippen molar-refractivity contribution < 1.29 is 9.59 Å². The van der Waals surface area contributed by atoms with Crippen molar-refractivity contribution in [3.05, 3.63) is 29.8 Å². The van der Waals surface area contributed by atoms with Gasteiger partial charge in [0.25, 0.3) is 0 Å². The van der Waals surface area contributed by atoms with Gasteiger partial charge in [-0.3, -0.25) is 9.59 Å². The van der Waals surface area contributed by atoms with Gasteiger partial charge in [0.15, 0.2) is 0 Å². The first-order chi connectivity index (χ1) is 10.1. The van der Waals surface area contributed by atoms with Crippen molar-refractivity contribution in [1.29, 1.82) is 5.26 Å². The third-order valence-corrected chi connectivity index (χ3v) is 2.97. The molecule has 1 N–H and O–H groups in total. The van der Waals surface area contributed by atoms with Gasteiger partial charge in [0, 0.05) is 13.1 Å². The number of rotatable bonds is 7. The molecular formula is C16H21N3O2. The number of para-hydroxylation sites is 1. The van der Waals surface area contributed by atoms with Gasteiger partial charge < -0.3 is 10.2 Å². The fourth-order valence-electron chi connectivity index (χ4n) is 2.03. The van der Waals surface area contributed by atoms with Gasteiger partial charge in [0.2, 0.25) is 11.8 Å². The number of nitriles is 1. The Morgan fingerprint density at radius 2 is 1.81 bits per heavy atom. The first-order valence-corrected chi connectivity index (χ1v) is 7.19. The molecule has 21 heavy (non-hydrogen) atoms. The van der Waals surface area contributed by atoms with Crippen molar-refractivity contribution in [2.24, 2.45) is 0 Å². The van der Waals surface area contributed by atoms with Crippen LogP contribution in [0.1, 0.15) is 38.7 Å². The minimum atomic E-state index is -0.389. The lowest BCUT2D eigenvalue weighted by Crippen LogP contribution is -2.35. The summed E-state index contributed by atoms with van der Waals surface area (Å²) in [5.74, 6) is -0.564. The Hall–Kier alpha value is -2.35. The summed E-state index contributed by atoms with van der Waals surface area (Å²) in [5.41, 5.74) is 0.826. The summed E-state index contributed by atoms with van der Waals surface area (Å²) >= 11 is 0. The SMILES string of the molecule is CCCN(CCC)C(=O)CC(=O)Nc1ccccc1C#N. The van der Waals surface area contributed by atoms with E-state index in [1.165, 1.54) is 0 Å². The Labute approximate surface area is 125 Å². The summed E-state index contributed by atoms with van der Waals surface area (Å²) in [6.07, 6.45) is 1.54. The number of hydrogen-bond acceptors (Lipinski definition) is 3. The number of hydrogen-bond donors (Lipinski definition) is 1.